The van der Waals surface area contributed by atoms with Crippen LogP contribution in [-0.2, 0) is 0 Å². The van der Waals surface area contributed by atoms with E-state index in [-0.39, 0.29) is 0 Å². The van der Waals surface area contributed by atoms with Crippen LogP contribution in [0.15, 0.2) is 508 Å². The van der Waals surface area contributed by atoms with Gasteiger partial charge in [0, 0.05) is 130 Å². The molecule has 8 heterocycles. The molecular formula is C138H83N9OS. The molecule has 0 saturated heterocycles. The fourth-order valence-electron chi connectivity index (χ4n) is 23.3. The molecule has 8 aromatic heterocycles. The second-order valence-electron chi connectivity index (χ2n) is 38.5. The van der Waals surface area contributed by atoms with Crippen molar-refractivity contribution in [2.24, 2.45) is 0 Å². The fourth-order valence-corrected chi connectivity index (χ4v) is 24.4. The van der Waals surface area contributed by atoms with Crippen LogP contribution in [0.1, 0.15) is 0 Å². The van der Waals surface area contributed by atoms with E-state index < -0.39 is 0 Å². The number of hydrogen-bond acceptors (Lipinski definition) is 8. The molecule has 32 rings (SSSR count). The normalized spacial score (nSPS) is 11.9. The summed E-state index contributed by atoms with van der Waals surface area (Å²) in [5.74, 6) is 2.12. The van der Waals surface area contributed by atoms with Crippen molar-refractivity contribution in [3.63, 3.8) is 0 Å². The molecule has 0 saturated carbocycles. The summed E-state index contributed by atoms with van der Waals surface area (Å²) in [5.41, 5.74) is 26.2. The Morgan fingerprint density at radius 2 is 0.456 bits per heavy atom. The third-order valence-electron chi connectivity index (χ3n) is 30.1. The molecule has 0 fully saturated rings. The zero-order valence-corrected chi connectivity index (χ0v) is 81.1. The van der Waals surface area contributed by atoms with Crippen molar-refractivity contribution in [1.82, 2.24) is 43.6 Å². The van der Waals surface area contributed by atoms with E-state index in [2.05, 4.69) is 475 Å². The number of nitrogens with zero attached hydrogens (tertiary/aromatic N) is 9. The van der Waals surface area contributed by atoms with Gasteiger partial charge in [-0.3, -0.25) is 0 Å². The van der Waals surface area contributed by atoms with Gasteiger partial charge in [0.2, 0.25) is 0 Å². The topological polar surface area (TPSA) is 105 Å². The first-order valence-electron chi connectivity index (χ1n) is 50.5. The van der Waals surface area contributed by atoms with E-state index in [0.717, 1.165) is 128 Å². The van der Waals surface area contributed by atoms with Crippen LogP contribution in [0.5, 0.6) is 0 Å². The number of aromatic nitrogens is 9. The van der Waals surface area contributed by atoms with Crippen molar-refractivity contribution in [2.45, 2.75) is 0 Å². The number of fused-ring (bicyclic) bond motifs is 30. The zero-order valence-electron chi connectivity index (χ0n) is 80.3. The van der Waals surface area contributed by atoms with Crippen molar-refractivity contribution in [3.8, 4) is 96.1 Å². The maximum absolute atomic E-state index is 6.25. The molecular weight excluding hydrogens is 1830 g/mol. The predicted molar refractivity (Wildman–Crippen MR) is 625 cm³/mol. The van der Waals surface area contributed by atoms with Crippen LogP contribution in [0.4, 0.5) is 0 Å². The minimum absolute atomic E-state index is 0.689. The van der Waals surface area contributed by atoms with Gasteiger partial charge in [-0.05, 0) is 221 Å². The predicted octanol–water partition coefficient (Wildman–Crippen LogP) is 37.0. The van der Waals surface area contributed by atoms with Gasteiger partial charge in [-0.25, -0.2) is 29.9 Å². The van der Waals surface area contributed by atoms with E-state index in [9.17, 15) is 0 Å². The van der Waals surface area contributed by atoms with Crippen molar-refractivity contribution in [3.05, 3.63) is 504 Å². The molecule has 149 heavy (non-hydrogen) atoms. The van der Waals surface area contributed by atoms with Crippen LogP contribution >= 0.6 is 11.3 Å². The highest BCUT2D eigenvalue weighted by Gasteiger charge is 2.26. The molecule has 692 valence electrons. The quantitative estimate of drug-likeness (QED) is 0.134. The summed E-state index contributed by atoms with van der Waals surface area (Å²) in [6.07, 6.45) is 0. The number of hydrogen-bond donors (Lipinski definition) is 0. The van der Waals surface area contributed by atoms with Crippen molar-refractivity contribution in [1.29, 1.82) is 0 Å². The molecule has 0 radical (unpaired) electrons. The van der Waals surface area contributed by atoms with Gasteiger partial charge >= 0.3 is 0 Å². The SMILES string of the molecule is c1ccc(-c2ccc(-c3nc(-c4cccc(-n5c6ccc7ccccc7c6c6c7ccccc7ccc65)c4)nc4ccccc34)cc2)cc1.c1ccc2c(c1)ccc1c2c2c3ccccc3ccc2n1-c1ccc(-c2nc(-c3ccc4c(c3)oc3ccccc34)c3ccccc3n2)cc1.c1ccc2c(c1)ccc1c2c2c3ccccc3ccc2n1-c1ccc(-c2nc(-c3ccc4c(c3)sc3ccccc34)c3ccccc3n2)cc1. The lowest BCUT2D eigenvalue weighted by atomic mass is 10.00. The molecule has 32 aromatic rings. The Labute approximate surface area is 857 Å². The van der Waals surface area contributed by atoms with Crippen molar-refractivity contribution in [2.75, 3.05) is 0 Å². The zero-order chi connectivity index (χ0) is 97.8. The molecule has 0 spiro atoms. The standard InChI is InChI=1S/C46H27N3O.C46H27N3S.C46H29N3/c2*1-3-11-33-28(9-1)20-25-39-43(33)44-34-12-4-2-10-29(34)21-26-40(44)49(39)32-22-17-30(18-23-32)46-47-38-15-7-5-14-37(38)45(48-46)31-19-24-36-35-13-6-8-16-41(35)50-42(36)27-31;1-2-11-30(12-3-1)31-21-23-34(24-22-31)45-39-19-8-9-20-40(39)47-46(48-45)35-15-10-16-36(29-35)49-41-27-25-32-13-4-6-17-37(32)43(41)44-38-18-7-5-14-33(38)26-28-42(44)49/h2*1-27H;1-29H. The third-order valence-corrected chi connectivity index (χ3v) is 31.3. The van der Waals surface area contributed by atoms with E-state index in [1.165, 1.54) is 161 Å². The van der Waals surface area contributed by atoms with Gasteiger partial charge in [0.15, 0.2) is 17.5 Å². The molecule has 0 aliphatic rings. The lowest BCUT2D eigenvalue weighted by Crippen LogP contribution is -1.98. The van der Waals surface area contributed by atoms with Gasteiger partial charge in [0.05, 0.1) is 66.7 Å². The average molecular weight is 1920 g/mol. The molecule has 10 nitrogen and oxygen atoms in total. The second kappa shape index (κ2) is 34.5. The van der Waals surface area contributed by atoms with E-state index in [1.807, 2.05) is 53.8 Å². The van der Waals surface area contributed by atoms with Crippen LogP contribution in [0.2, 0.25) is 0 Å². The summed E-state index contributed by atoms with van der Waals surface area (Å²) < 4.78 is 16.0. The minimum atomic E-state index is 0.689. The molecule has 24 aromatic carbocycles. The van der Waals surface area contributed by atoms with Gasteiger partial charge in [-0.15, -0.1) is 11.3 Å². The van der Waals surface area contributed by atoms with Gasteiger partial charge in [-0.2, -0.15) is 0 Å². The molecule has 0 unspecified atom stereocenters. The van der Waals surface area contributed by atoms with Crippen LogP contribution in [-0.4, -0.2) is 43.6 Å². The Kier molecular flexibility index (Phi) is 19.7. The van der Waals surface area contributed by atoms with E-state index in [4.69, 9.17) is 34.3 Å². The van der Waals surface area contributed by atoms with Gasteiger partial charge in [0.25, 0.3) is 0 Å². The summed E-state index contributed by atoms with van der Waals surface area (Å²) in [4.78, 5) is 30.9. The Morgan fingerprint density at radius 1 is 0.161 bits per heavy atom. The molecule has 0 aliphatic carbocycles. The van der Waals surface area contributed by atoms with Crippen molar-refractivity contribution < 1.29 is 4.42 Å². The molecule has 11 heteroatoms. The number of thiophene rings is 1. The third kappa shape index (κ3) is 14.1. The summed E-state index contributed by atoms with van der Waals surface area (Å²) in [6, 6.07) is 179. The number of para-hydroxylation sites is 4. The largest absolute Gasteiger partial charge is 0.456 e. The van der Waals surface area contributed by atoms with Gasteiger partial charge in [0.1, 0.15) is 11.2 Å². The van der Waals surface area contributed by atoms with Crippen LogP contribution in [0, 0.1) is 0 Å². The van der Waals surface area contributed by atoms with Crippen LogP contribution in [0.25, 0.3) is 301 Å². The first-order valence-corrected chi connectivity index (χ1v) is 51.3. The Hall–Kier alpha value is -19.7. The van der Waals surface area contributed by atoms with Crippen LogP contribution < -0.4 is 0 Å². The molecule has 0 N–H and O–H groups in total. The van der Waals surface area contributed by atoms with Crippen molar-refractivity contribution >= 4 is 216 Å². The Morgan fingerprint density at radius 3 is 0.886 bits per heavy atom. The van der Waals surface area contributed by atoms with Crippen LogP contribution in [0.3, 0.4) is 0 Å². The maximum Gasteiger partial charge on any atom is 0.160 e. The van der Waals surface area contributed by atoms with E-state index in [1.54, 1.807) is 0 Å². The molecule has 0 bridgehead atoms. The average Bonchev–Trinajstić information content (AvgIpc) is 1.56. The molecule has 0 atom stereocenters. The summed E-state index contributed by atoms with van der Waals surface area (Å²) in [7, 11) is 0. The highest BCUT2D eigenvalue weighted by atomic mass is 32.1. The highest BCUT2D eigenvalue weighted by molar-refractivity contribution is 7.25. The Balaban J connectivity index is 0.000000103. The monoisotopic (exact) mass is 1910 g/mol. The van der Waals surface area contributed by atoms with E-state index in [0.29, 0.717) is 11.6 Å². The van der Waals surface area contributed by atoms with Gasteiger partial charge in [-0.1, -0.05) is 358 Å². The first-order chi connectivity index (χ1) is 73.9. The summed E-state index contributed by atoms with van der Waals surface area (Å²) in [6.45, 7) is 0. The van der Waals surface area contributed by atoms with E-state index >= 15 is 0 Å². The molecule has 0 aliphatic heterocycles. The lowest BCUT2D eigenvalue weighted by Gasteiger charge is -2.12. The Bertz CT molecular complexity index is 10500. The second-order valence-corrected chi connectivity index (χ2v) is 39.6. The minimum Gasteiger partial charge on any atom is -0.456 e. The molecule has 0 amide bonds. The fraction of sp³-hybridized carbons (Fsp3) is 0. The first kappa shape index (κ1) is 84.9. The number of rotatable bonds is 10. The summed E-state index contributed by atoms with van der Waals surface area (Å²) >= 11 is 1.83. The summed E-state index contributed by atoms with van der Waals surface area (Å²) in [5, 5.41) is 30.7. The smallest absolute Gasteiger partial charge is 0.160 e. The number of benzene rings is 24. The number of furan rings is 1. The highest BCUT2D eigenvalue weighted by Crippen LogP contribution is 2.48. The lowest BCUT2D eigenvalue weighted by molar-refractivity contribution is 0.669. The maximum atomic E-state index is 6.25. The van der Waals surface area contributed by atoms with Gasteiger partial charge < -0.3 is 18.1 Å².